The molecule has 0 unspecified atom stereocenters. The molecule has 3 heteroatoms. The summed E-state index contributed by atoms with van der Waals surface area (Å²) in [6.45, 7) is 2.15. The normalized spacial score (nSPS) is 16.7. The lowest BCUT2D eigenvalue weighted by Gasteiger charge is -2.23. The number of carbonyl (C=O) groups excluding carboxylic acids is 1. The van der Waals surface area contributed by atoms with Crippen molar-refractivity contribution in [1.29, 1.82) is 0 Å². The molecule has 3 aromatic rings. The number of likely N-dealkylation sites (tertiary alicyclic amines) is 1. The third-order valence-corrected chi connectivity index (χ3v) is 4.90. The summed E-state index contributed by atoms with van der Waals surface area (Å²) < 4.78 is 0. The molecule has 1 fully saturated rings. The third-order valence-electron chi connectivity index (χ3n) is 4.90. The van der Waals surface area contributed by atoms with Crippen LogP contribution in [0.1, 0.15) is 34.8 Å². The lowest BCUT2D eigenvalue weighted by molar-refractivity contribution is -0.909. The molecule has 1 aliphatic rings. The van der Waals surface area contributed by atoms with Crippen molar-refractivity contribution in [2.75, 3.05) is 13.1 Å². The zero-order valence-corrected chi connectivity index (χ0v) is 13.1. The van der Waals surface area contributed by atoms with Gasteiger partial charge in [-0.15, -0.1) is 0 Å². The molecule has 116 valence electrons. The highest BCUT2D eigenvalue weighted by atomic mass is 16.1. The van der Waals surface area contributed by atoms with Crippen LogP contribution in [0.4, 0.5) is 0 Å². The van der Waals surface area contributed by atoms with Crippen LogP contribution in [0.2, 0.25) is 0 Å². The second kappa shape index (κ2) is 6.01. The largest absolute Gasteiger partial charge is 0.360 e. The Morgan fingerprint density at radius 2 is 1.65 bits per heavy atom. The fourth-order valence-electron chi connectivity index (χ4n) is 3.77. The molecule has 23 heavy (non-hydrogen) atoms. The summed E-state index contributed by atoms with van der Waals surface area (Å²) in [7, 11) is 0. The minimum Gasteiger partial charge on any atom is -0.360 e. The molecular weight excluding hydrogens is 284 g/mol. The first kappa shape index (κ1) is 14.2. The Kier molecular flexibility index (Phi) is 3.72. The fourth-order valence-corrected chi connectivity index (χ4v) is 3.77. The van der Waals surface area contributed by atoms with Gasteiger partial charge in [0.25, 0.3) is 0 Å². The van der Waals surface area contributed by atoms with Crippen molar-refractivity contribution in [2.45, 2.75) is 18.9 Å². The van der Waals surface area contributed by atoms with Crippen LogP contribution in [0.15, 0.2) is 60.8 Å². The molecule has 2 aromatic carbocycles. The first-order valence-corrected chi connectivity index (χ1v) is 8.34. The van der Waals surface area contributed by atoms with Gasteiger partial charge in [-0.3, -0.25) is 4.79 Å². The van der Waals surface area contributed by atoms with E-state index in [0.717, 1.165) is 35.1 Å². The summed E-state index contributed by atoms with van der Waals surface area (Å²) in [6, 6.07) is 18.2. The van der Waals surface area contributed by atoms with E-state index in [2.05, 4.69) is 17.1 Å². The summed E-state index contributed by atoms with van der Waals surface area (Å²) in [4.78, 5) is 18.0. The van der Waals surface area contributed by atoms with Crippen LogP contribution in [0, 0.1) is 0 Å². The highest BCUT2D eigenvalue weighted by Crippen LogP contribution is 2.23. The first-order chi connectivity index (χ1) is 11.3. The molecule has 1 atom stereocenters. The Balaban J connectivity index is 1.78. The Bertz CT molecular complexity index is 816. The molecule has 4 rings (SSSR count). The van der Waals surface area contributed by atoms with Gasteiger partial charge in [0, 0.05) is 41.1 Å². The van der Waals surface area contributed by atoms with Crippen LogP contribution in [0.25, 0.3) is 10.9 Å². The number of H-pyrrole nitrogens is 1. The van der Waals surface area contributed by atoms with Gasteiger partial charge in [0.1, 0.15) is 0 Å². The Morgan fingerprint density at radius 3 is 2.43 bits per heavy atom. The van der Waals surface area contributed by atoms with E-state index in [-0.39, 0.29) is 11.8 Å². The number of Topliss-reactive ketones (excluding diaryl/α,β-unsaturated/α-hetero) is 1. The van der Waals surface area contributed by atoms with Gasteiger partial charge in [-0.25, -0.2) is 0 Å². The average molecular weight is 305 g/mol. The van der Waals surface area contributed by atoms with Crippen LogP contribution >= 0.6 is 0 Å². The first-order valence-electron chi connectivity index (χ1n) is 8.34. The predicted molar refractivity (Wildman–Crippen MR) is 91.7 cm³/mol. The Morgan fingerprint density at radius 1 is 0.957 bits per heavy atom. The number of carbonyl (C=O) groups is 1. The lowest BCUT2D eigenvalue weighted by Crippen LogP contribution is -3.11. The Hall–Kier alpha value is -2.39. The van der Waals surface area contributed by atoms with E-state index in [1.807, 2.05) is 48.7 Å². The number of fused-ring (bicyclic) bond motifs is 1. The van der Waals surface area contributed by atoms with Crippen molar-refractivity contribution in [3.05, 3.63) is 71.9 Å². The minimum absolute atomic E-state index is 0.0992. The maximum absolute atomic E-state index is 13.4. The number of aromatic nitrogens is 1. The van der Waals surface area contributed by atoms with E-state index >= 15 is 0 Å². The number of rotatable bonds is 4. The molecule has 1 aromatic heterocycles. The van der Waals surface area contributed by atoms with Crippen molar-refractivity contribution >= 4 is 16.7 Å². The number of para-hydroxylation sites is 1. The van der Waals surface area contributed by atoms with Gasteiger partial charge < -0.3 is 9.88 Å². The van der Waals surface area contributed by atoms with Crippen molar-refractivity contribution < 1.29 is 9.69 Å². The minimum atomic E-state index is -0.0992. The average Bonchev–Trinajstić information content (AvgIpc) is 3.25. The molecule has 0 aliphatic carbocycles. The van der Waals surface area contributed by atoms with Gasteiger partial charge in [0.05, 0.1) is 13.1 Å². The van der Waals surface area contributed by atoms with E-state index in [1.54, 1.807) is 0 Å². The highest BCUT2D eigenvalue weighted by Gasteiger charge is 2.35. The standard InChI is InChI=1S/C20H20N2O/c23-20(17-14-21-18-11-5-4-10-16(17)18)19(22-12-6-7-13-22)15-8-2-1-3-9-15/h1-5,8-11,14,19,21H,6-7,12-13H2/p+1/t19-/m1/s1. The van der Waals surface area contributed by atoms with E-state index in [9.17, 15) is 4.79 Å². The molecule has 1 saturated heterocycles. The maximum atomic E-state index is 13.4. The molecule has 3 nitrogen and oxygen atoms in total. The number of aromatic amines is 1. The van der Waals surface area contributed by atoms with Gasteiger partial charge in [-0.2, -0.15) is 0 Å². The van der Waals surface area contributed by atoms with Crippen LogP contribution in [-0.2, 0) is 0 Å². The van der Waals surface area contributed by atoms with E-state index in [0.29, 0.717) is 0 Å². The summed E-state index contributed by atoms with van der Waals surface area (Å²) in [5.74, 6) is 0.227. The zero-order chi connectivity index (χ0) is 15.6. The molecule has 0 radical (unpaired) electrons. The lowest BCUT2D eigenvalue weighted by atomic mass is 9.96. The predicted octanol–water partition coefficient (Wildman–Crippen LogP) is 2.77. The van der Waals surface area contributed by atoms with Gasteiger partial charge in [0.15, 0.2) is 6.04 Å². The second-order valence-electron chi connectivity index (χ2n) is 6.32. The van der Waals surface area contributed by atoms with Crippen molar-refractivity contribution in [1.82, 2.24) is 4.98 Å². The Labute approximate surface area is 135 Å². The second-order valence-corrected chi connectivity index (χ2v) is 6.32. The number of quaternary nitrogens is 1. The van der Waals surface area contributed by atoms with Crippen LogP contribution in [0.3, 0.4) is 0 Å². The number of hydrogen-bond donors (Lipinski definition) is 2. The van der Waals surface area contributed by atoms with Gasteiger partial charge in [-0.05, 0) is 6.07 Å². The van der Waals surface area contributed by atoms with E-state index < -0.39 is 0 Å². The molecule has 1 aliphatic heterocycles. The molecule has 0 amide bonds. The molecule has 2 N–H and O–H groups in total. The number of nitrogens with one attached hydrogen (secondary N) is 2. The molecular formula is C20H21N2O+. The molecule has 0 spiro atoms. The van der Waals surface area contributed by atoms with Crippen LogP contribution < -0.4 is 4.90 Å². The monoisotopic (exact) mass is 305 g/mol. The fraction of sp³-hybridized carbons (Fsp3) is 0.250. The quantitative estimate of drug-likeness (QED) is 0.715. The maximum Gasteiger partial charge on any atom is 0.226 e. The number of benzene rings is 2. The van der Waals surface area contributed by atoms with Crippen LogP contribution in [-0.4, -0.2) is 23.9 Å². The topological polar surface area (TPSA) is 37.3 Å². The van der Waals surface area contributed by atoms with Gasteiger partial charge >= 0.3 is 0 Å². The number of ketones is 1. The zero-order valence-electron chi connectivity index (χ0n) is 13.1. The van der Waals surface area contributed by atoms with Gasteiger partial charge in [-0.1, -0.05) is 48.5 Å². The molecule has 0 saturated carbocycles. The SMILES string of the molecule is O=C(c1c[nH]c2ccccc12)[C@@H](c1ccccc1)[NH+]1CCCC1. The number of hydrogen-bond acceptors (Lipinski definition) is 1. The van der Waals surface area contributed by atoms with Crippen LogP contribution in [0.5, 0.6) is 0 Å². The van der Waals surface area contributed by atoms with E-state index in [4.69, 9.17) is 0 Å². The summed E-state index contributed by atoms with van der Waals surface area (Å²) >= 11 is 0. The molecule has 0 bridgehead atoms. The highest BCUT2D eigenvalue weighted by molar-refractivity contribution is 6.10. The smallest absolute Gasteiger partial charge is 0.226 e. The van der Waals surface area contributed by atoms with Crippen molar-refractivity contribution in [3.8, 4) is 0 Å². The third kappa shape index (κ3) is 2.57. The summed E-state index contributed by atoms with van der Waals surface area (Å²) in [6.07, 6.45) is 4.29. The van der Waals surface area contributed by atoms with Gasteiger partial charge in [0.2, 0.25) is 5.78 Å². The van der Waals surface area contributed by atoms with Crippen molar-refractivity contribution in [2.24, 2.45) is 0 Å². The summed E-state index contributed by atoms with van der Waals surface area (Å²) in [5.41, 5.74) is 2.97. The molecule has 2 heterocycles. The van der Waals surface area contributed by atoms with E-state index in [1.165, 1.54) is 17.7 Å². The summed E-state index contributed by atoms with van der Waals surface area (Å²) in [5, 5.41) is 1.03. The van der Waals surface area contributed by atoms with Crippen molar-refractivity contribution in [3.63, 3.8) is 0 Å².